The number of nitrogens with one attached hydrogen (secondary N) is 1. The SMILES string of the molecule is CC/C=C\C/C=C\C/C=C\C/C=C\C/C=C\C/C=C\CCC(=O)NC(COC1OC(CO)C(OC2OC(CO)C(OC3OC(CO)C(O)C(O)C3O)C(O)C2O)C(O)C1O)C(O)CCCCCCCCCCCCCCCCCCCCC. The van der Waals surface area contributed by atoms with Crippen molar-refractivity contribution in [3.63, 3.8) is 0 Å². The van der Waals surface area contributed by atoms with Gasteiger partial charge in [-0.15, -0.1) is 0 Å². The average Bonchev–Trinajstić information content (AvgIpc) is 3.43. The Morgan fingerprint density at radius 3 is 1.23 bits per heavy atom. The molecule has 3 heterocycles. The standard InChI is InChI=1S/C64H111NO18/c1-3-5-7-9-11-13-15-17-19-21-23-25-27-29-31-33-35-37-39-41-48(69)47(65-52(70)42-40-38-36-34-32-30-28-26-24-22-20-18-16-14-12-10-8-6-4-2)46-78-62-58(76)55(73)60(50(44-67)80-62)83-64-59(77)56(74)61(51(45-68)81-64)82-63-57(75)54(72)53(71)49(43-66)79-63/h6,8,12,14,18,20,24,26,30,32,36,38,47-51,53-64,66-69,71-77H,3-5,7,9-11,13,15-17,19,21-23,25,27-29,31,33-35,37,39-46H2,1-2H3,(H,65,70)/b8-6-,14-12-,20-18-,26-24-,32-30-,38-36-. The molecule has 19 heteroatoms. The Labute approximate surface area is 496 Å². The van der Waals surface area contributed by atoms with Crippen LogP contribution in [0.25, 0.3) is 0 Å². The van der Waals surface area contributed by atoms with Crippen LogP contribution >= 0.6 is 0 Å². The summed E-state index contributed by atoms with van der Waals surface area (Å²) in [6.45, 7) is 1.62. The van der Waals surface area contributed by atoms with Gasteiger partial charge in [0.25, 0.3) is 0 Å². The molecule has 0 aromatic rings. The van der Waals surface area contributed by atoms with Gasteiger partial charge in [-0.3, -0.25) is 4.79 Å². The van der Waals surface area contributed by atoms with Crippen molar-refractivity contribution < 1.29 is 89.4 Å². The number of allylic oxidation sites excluding steroid dienone is 12. The van der Waals surface area contributed by atoms with Crippen LogP contribution in [0.2, 0.25) is 0 Å². The number of hydrogen-bond acceptors (Lipinski definition) is 18. The highest BCUT2D eigenvalue weighted by Gasteiger charge is 2.53. The Balaban J connectivity index is 1.50. The third kappa shape index (κ3) is 29.7. The summed E-state index contributed by atoms with van der Waals surface area (Å²) >= 11 is 0. The summed E-state index contributed by atoms with van der Waals surface area (Å²) in [6.07, 6.45) is 28.5. The molecular formula is C64H111NO18. The highest BCUT2D eigenvalue weighted by molar-refractivity contribution is 5.76. The molecule has 0 radical (unpaired) electrons. The lowest BCUT2D eigenvalue weighted by Gasteiger charge is -2.48. The lowest BCUT2D eigenvalue weighted by atomic mass is 9.96. The summed E-state index contributed by atoms with van der Waals surface area (Å²) < 4.78 is 34.3. The molecule has 0 aromatic carbocycles. The first-order valence-corrected chi connectivity index (χ1v) is 31.7. The molecule has 3 aliphatic heterocycles. The number of unbranched alkanes of at least 4 members (excludes halogenated alkanes) is 18. The fourth-order valence-corrected chi connectivity index (χ4v) is 10.4. The van der Waals surface area contributed by atoms with Crippen molar-refractivity contribution >= 4 is 5.91 Å². The molecule has 0 bridgehead atoms. The second-order valence-electron chi connectivity index (χ2n) is 22.5. The van der Waals surface area contributed by atoms with Crippen LogP contribution in [0.1, 0.15) is 194 Å². The highest BCUT2D eigenvalue weighted by Crippen LogP contribution is 2.33. The van der Waals surface area contributed by atoms with E-state index in [4.69, 9.17) is 28.4 Å². The number of aliphatic hydroxyl groups is 11. The second-order valence-corrected chi connectivity index (χ2v) is 22.5. The number of aliphatic hydroxyl groups excluding tert-OH is 11. The molecule has 83 heavy (non-hydrogen) atoms. The van der Waals surface area contributed by atoms with E-state index < -0.39 is 124 Å². The molecule has 0 aliphatic carbocycles. The van der Waals surface area contributed by atoms with Gasteiger partial charge in [-0.1, -0.05) is 209 Å². The van der Waals surface area contributed by atoms with Gasteiger partial charge in [-0.05, 0) is 51.4 Å². The van der Waals surface area contributed by atoms with Crippen molar-refractivity contribution in [1.82, 2.24) is 5.32 Å². The number of amides is 1. The lowest BCUT2D eigenvalue weighted by molar-refractivity contribution is -0.379. The molecule has 3 fully saturated rings. The van der Waals surface area contributed by atoms with Crippen molar-refractivity contribution in [2.75, 3.05) is 26.4 Å². The molecule has 480 valence electrons. The van der Waals surface area contributed by atoms with Gasteiger partial charge >= 0.3 is 0 Å². The lowest BCUT2D eigenvalue weighted by Crippen LogP contribution is -2.66. The fourth-order valence-electron chi connectivity index (χ4n) is 10.4. The summed E-state index contributed by atoms with van der Waals surface area (Å²) in [5.74, 6) is -0.326. The predicted molar refractivity (Wildman–Crippen MR) is 318 cm³/mol. The van der Waals surface area contributed by atoms with Gasteiger partial charge in [0, 0.05) is 6.42 Å². The second kappa shape index (κ2) is 46.4. The molecule has 1 amide bonds. The van der Waals surface area contributed by atoms with E-state index in [2.05, 4.69) is 79.9 Å². The molecule has 19 nitrogen and oxygen atoms in total. The third-order valence-electron chi connectivity index (χ3n) is 15.6. The maximum Gasteiger partial charge on any atom is 0.220 e. The predicted octanol–water partition coefficient (Wildman–Crippen LogP) is 6.60. The maximum atomic E-state index is 13.3. The van der Waals surface area contributed by atoms with Gasteiger partial charge in [0.15, 0.2) is 18.9 Å². The Hall–Kier alpha value is -2.77. The van der Waals surface area contributed by atoms with Gasteiger partial charge < -0.3 is 89.9 Å². The zero-order valence-corrected chi connectivity index (χ0v) is 50.1. The van der Waals surface area contributed by atoms with E-state index in [0.29, 0.717) is 25.7 Å². The minimum Gasteiger partial charge on any atom is -0.394 e. The highest BCUT2D eigenvalue weighted by atomic mass is 16.8. The molecule has 12 N–H and O–H groups in total. The van der Waals surface area contributed by atoms with Crippen LogP contribution in [0.3, 0.4) is 0 Å². The normalized spacial score (nSPS) is 29.9. The largest absolute Gasteiger partial charge is 0.394 e. The zero-order chi connectivity index (χ0) is 60.5. The summed E-state index contributed by atoms with van der Waals surface area (Å²) in [6, 6.07) is -0.932. The van der Waals surface area contributed by atoms with Crippen molar-refractivity contribution in [3.8, 4) is 0 Å². The van der Waals surface area contributed by atoms with Gasteiger partial charge in [0.1, 0.15) is 73.2 Å². The van der Waals surface area contributed by atoms with Gasteiger partial charge in [-0.2, -0.15) is 0 Å². The van der Waals surface area contributed by atoms with Gasteiger partial charge in [0.05, 0.1) is 38.6 Å². The molecule has 17 atom stereocenters. The number of carbonyl (C=O) groups excluding carboxylic acids is 1. The molecule has 3 rings (SSSR count). The zero-order valence-electron chi connectivity index (χ0n) is 50.1. The number of rotatable bonds is 46. The quantitative estimate of drug-likeness (QED) is 0.0226. The van der Waals surface area contributed by atoms with Crippen molar-refractivity contribution in [3.05, 3.63) is 72.9 Å². The van der Waals surface area contributed by atoms with E-state index in [0.717, 1.165) is 51.4 Å². The van der Waals surface area contributed by atoms with Crippen LogP contribution in [0.4, 0.5) is 0 Å². The minimum absolute atomic E-state index is 0.138. The monoisotopic (exact) mass is 1180 g/mol. The van der Waals surface area contributed by atoms with Crippen LogP contribution in [0.5, 0.6) is 0 Å². The van der Waals surface area contributed by atoms with Crippen LogP contribution in [-0.2, 0) is 33.2 Å². The number of carbonyl (C=O) groups is 1. The first-order chi connectivity index (χ1) is 40.3. The summed E-state index contributed by atoms with van der Waals surface area (Å²) in [7, 11) is 0. The third-order valence-corrected chi connectivity index (χ3v) is 15.6. The fraction of sp³-hybridized carbons (Fsp3) is 0.797. The molecule has 0 saturated carbocycles. The van der Waals surface area contributed by atoms with Crippen LogP contribution in [0, 0.1) is 0 Å². The Kier molecular flexibility index (Phi) is 41.6. The van der Waals surface area contributed by atoms with Crippen LogP contribution < -0.4 is 5.32 Å². The van der Waals surface area contributed by atoms with E-state index >= 15 is 0 Å². The van der Waals surface area contributed by atoms with Gasteiger partial charge in [-0.25, -0.2) is 0 Å². The van der Waals surface area contributed by atoms with E-state index in [1.165, 1.54) is 96.3 Å². The maximum absolute atomic E-state index is 13.3. The van der Waals surface area contributed by atoms with Crippen LogP contribution in [0.15, 0.2) is 72.9 Å². The van der Waals surface area contributed by atoms with Crippen LogP contribution in [-0.4, -0.2) is 193 Å². The van der Waals surface area contributed by atoms with Crippen molar-refractivity contribution in [1.29, 1.82) is 0 Å². The molecule has 0 aromatic heterocycles. The Morgan fingerprint density at radius 2 is 0.807 bits per heavy atom. The van der Waals surface area contributed by atoms with Crippen molar-refractivity contribution in [2.24, 2.45) is 0 Å². The minimum atomic E-state index is -1.98. The first kappa shape index (κ1) is 74.5. The topological polar surface area (TPSA) is 307 Å². The number of hydrogen-bond donors (Lipinski definition) is 12. The molecule has 3 aliphatic rings. The van der Waals surface area contributed by atoms with E-state index in [-0.39, 0.29) is 18.9 Å². The Bertz CT molecular complexity index is 1790. The summed E-state index contributed by atoms with van der Waals surface area (Å²) in [4.78, 5) is 13.3. The first-order valence-electron chi connectivity index (χ1n) is 31.7. The van der Waals surface area contributed by atoms with Gasteiger partial charge in [0.2, 0.25) is 5.91 Å². The smallest absolute Gasteiger partial charge is 0.220 e. The van der Waals surface area contributed by atoms with E-state index in [1.807, 2.05) is 12.2 Å². The van der Waals surface area contributed by atoms with Crippen molar-refractivity contribution in [2.45, 2.75) is 298 Å². The molecule has 0 spiro atoms. The molecular weight excluding hydrogens is 1070 g/mol. The summed E-state index contributed by atoms with van der Waals surface area (Å²) in [5.41, 5.74) is 0. The van der Waals surface area contributed by atoms with E-state index in [1.54, 1.807) is 0 Å². The average molecular weight is 1180 g/mol. The molecule has 3 saturated heterocycles. The number of ether oxygens (including phenoxy) is 6. The molecule has 17 unspecified atom stereocenters. The summed E-state index contributed by atoms with van der Waals surface area (Å²) in [5, 5.41) is 120. The van der Waals surface area contributed by atoms with E-state index in [9.17, 15) is 61.0 Å². The Morgan fingerprint density at radius 1 is 0.446 bits per heavy atom.